The molecule has 0 aromatic carbocycles. The molecule has 2 fully saturated rings. The first kappa shape index (κ1) is 11.4. The van der Waals surface area contributed by atoms with Gasteiger partial charge in [-0.25, -0.2) is 0 Å². The zero-order valence-electron chi connectivity index (χ0n) is 9.95. The molecule has 0 bridgehead atoms. The third kappa shape index (κ3) is 2.71. The van der Waals surface area contributed by atoms with Gasteiger partial charge in [0.05, 0.1) is 6.10 Å². The molecule has 0 aromatic heterocycles. The van der Waals surface area contributed by atoms with Gasteiger partial charge in [0.2, 0.25) is 0 Å². The van der Waals surface area contributed by atoms with Crippen molar-refractivity contribution in [2.45, 2.75) is 51.3 Å². The van der Waals surface area contributed by atoms with Crippen molar-refractivity contribution >= 4 is 0 Å². The van der Waals surface area contributed by atoms with Gasteiger partial charge in [-0.2, -0.15) is 0 Å². The molecule has 2 saturated heterocycles. The van der Waals surface area contributed by atoms with Crippen LogP contribution in [0.3, 0.4) is 0 Å². The molecule has 4 unspecified atom stereocenters. The van der Waals surface area contributed by atoms with Gasteiger partial charge in [-0.1, -0.05) is 6.92 Å². The van der Waals surface area contributed by atoms with Crippen molar-refractivity contribution in [2.24, 2.45) is 5.92 Å². The summed E-state index contributed by atoms with van der Waals surface area (Å²) in [7, 11) is 0. The molecule has 2 rings (SSSR count). The highest BCUT2D eigenvalue weighted by Crippen LogP contribution is 2.23. The van der Waals surface area contributed by atoms with E-state index in [1.54, 1.807) is 0 Å². The molecule has 2 aliphatic rings. The largest absolute Gasteiger partial charge is 0.392 e. The van der Waals surface area contributed by atoms with Crippen LogP contribution in [0, 0.1) is 5.92 Å². The van der Waals surface area contributed by atoms with E-state index in [-0.39, 0.29) is 6.10 Å². The first-order valence-corrected chi connectivity index (χ1v) is 6.32. The number of hydrogen-bond donors (Lipinski definition) is 2. The maximum Gasteiger partial charge on any atom is 0.0680 e. The molecule has 88 valence electrons. The summed E-state index contributed by atoms with van der Waals surface area (Å²) in [4.78, 5) is 2.59. The highest BCUT2D eigenvalue weighted by Gasteiger charge is 2.29. The lowest BCUT2D eigenvalue weighted by Crippen LogP contribution is -2.47. The average Bonchev–Trinajstić information content (AvgIpc) is 2.59. The molecular formula is C12H24N2O. The number of aliphatic hydroxyl groups excluding tert-OH is 1. The zero-order chi connectivity index (χ0) is 10.8. The number of β-amino-alcohol motifs (C(OH)–C–C–N with tert-alkyl or cyclic N) is 1. The topological polar surface area (TPSA) is 35.5 Å². The Kier molecular flexibility index (Phi) is 3.65. The SMILES string of the molecule is CC1CCCN(CC2CC(O)CN2)C1C. The van der Waals surface area contributed by atoms with Crippen LogP contribution in [0.15, 0.2) is 0 Å². The first-order valence-electron chi connectivity index (χ1n) is 6.32. The summed E-state index contributed by atoms with van der Waals surface area (Å²) in [6, 6.07) is 1.21. The van der Waals surface area contributed by atoms with Crippen LogP contribution < -0.4 is 5.32 Å². The van der Waals surface area contributed by atoms with Crippen molar-refractivity contribution in [1.29, 1.82) is 0 Å². The Labute approximate surface area is 92.8 Å². The summed E-state index contributed by atoms with van der Waals surface area (Å²) < 4.78 is 0. The number of rotatable bonds is 2. The van der Waals surface area contributed by atoms with Crippen LogP contribution in [-0.4, -0.2) is 47.8 Å². The Morgan fingerprint density at radius 1 is 1.40 bits per heavy atom. The maximum atomic E-state index is 9.47. The quantitative estimate of drug-likeness (QED) is 0.712. The lowest BCUT2D eigenvalue weighted by Gasteiger charge is -2.39. The second-order valence-corrected chi connectivity index (χ2v) is 5.35. The maximum absolute atomic E-state index is 9.47. The average molecular weight is 212 g/mol. The van der Waals surface area contributed by atoms with Gasteiger partial charge in [-0.15, -0.1) is 0 Å². The Balaban J connectivity index is 1.82. The monoisotopic (exact) mass is 212 g/mol. The van der Waals surface area contributed by atoms with Crippen molar-refractivity contribution in [1.82, 2.24) is 10.2 Å². The smallest absolute Gasteiger partial charge is 0.0680 e. The summed E-state index contributed by atoms with van der Waals surface area (Å²) in [5.74, 6) is 0.824. The van der Waals surface area contributed by atoms with Crippen LogP contribution in [0.25, 0.3) is 0 Å². The summed E-state index contributed by atoms with van der Waals surface area (Å²) in [5, 5.41) is 12.9. The Bertz CT molecular complexity index is 210. The van der Waals surface area contributed by atoms with Crippen LogP contribution in [-0.2, 0) is 0 Å². The van der Waals surface area contributed by atoms with E-state index in [2.05, 4.69) is 24.1 Å². The van der Waals surface area contributed by atoms with E-state index in [9.17, 15) is 5.11 Å². The standard InChI is InChI=1S/C12H24N2O/c1-9-4-3-5-14(10(9)2)8-11-6-12(15)7-13-11/h9-13,15H,3-8H2,1-2H3. The van der Waals surface area contributed by atoms with Gasteiger partial charge in [-0.3, -0.25) is 4.90 Å². The van der Waals surface area contributed by atoms with E-state index in [1.807, 2.05) is 0 Å². The lowest BCUT2D eigenvalue weighted by atomic mass is 9.91. The number of nitrogens with zero attached hydrogens (tertiary/aromatic N) is 1. The van der Waals surface area contributed by atoms with E-state index in [1.165, 1.54) is 19.4 Å². The van der Waals surface area contributed by atoms with Gasteiger partial charge < -0.3 is 10.4 Å². The Morgan fingerprint density at radius 2 is 2.20 bits per heavy atom. The van der Waals surface area contributed by atoms with Crippen LogP contribution in [0.1, 0.15) is 33.1 Å². The predicted molar refractivity (Wildman–Crippen MR) is 61.8 cm³/mol. The predicted octanol–water partition coefficient (Wildman–Crippen LogP) is 0.830. The fourth-order valence-electron chi connectivity index (χ4n) is 2.90. The molecule has 2 heterocycles. The number of likely N-dealkylation sites (tertiary alicyclic amines) is 1. The molecule has 2 aliphatic heterocycles. The van der Waals surface area contributed by atoms with Crippen LogP contribution in [0.4, 0.5) is 0 Å². The molecule has 0 aromatic rings. The van der Waals surface area contributed by atoms with E-state index in [0.29, 0.717) is 12.1 Å². The van der Waals surface area contributed by atoms with Crippen LogP contribution in [0.2, 0.25) is 0 Å². The van der Waals surface area contributed by atoms with E-state index < -0.39 is 0 Å². The van der Waals surface area contributed by atoms with Gasteiger partial charge in [0, 0.05) is 25.2 Å². The van der Waals surface area contributed by atoms with Crippen molar-refractivity contribution in [3.8, 4) is 0 Å². The van der Waals surface area contributed by atoms with E-state index in [0.717, 1.165) is 25.4 Å². The molecule has 4 atom stereocenters. The normalized spacial score (nSPS) is 43.4. The van der Waals surface area contributed by atoms with Gasteiger partial charge in [0.1, 0.15) is 0 Å². The summed E-state index contributed by atoms with van der Waals surface area (Å²) in [6.07, 6.45) is 3.52. The lowest BCUT2D eigenvalue weighted by molar-refractivity contribution is 0.102. The third-order valence-electron chi connectivity index (χ3n) is 4.16. The molecule has 3 nitrogen and oxygen atoms in total. The second kappa shape index (κ2) is 4.81. The summed E-state index contributed by atoms with van der Waals surface area (Å²) >= 11 is 0. The molecule has 15 heavy (non-hydrogen) atoms. The van der Waals surface area contributed by atoms with Crippen molar-refractivity contribution < 1.29 is 5.11 Å². The van der Waals surface area contributed by atoms with Crippen molar-refractivity contribution in [3.63, 3.8) is 0 Å². The molecular weight excluding hydrogens is 188 g/mol. The minimum atomic E-state index is -0.118. The molecule has 0 amide bonds. The summed E-state index contributed by atoms with van der Waals surface area (Å²) in [6.45, 7) is 7.83. The van der Waals surface area contributed by atoms with Gasteiger partial charge in [0.25, 0.3) is 0 Å². The van der Waals surface area contributed by atoms with E-state index >= 15 is 0 Å². The van der Waals surface area contributed by atoms with Crippen LogP contribution in [0.5, 0.6) is 0 Å². The van der Waals surface area contributed by atoms with Gasteiger partial charge in [0.15, 0.2) is 0 Å². The molecule has 0 radical (unpaired) electrons. The first-order chi connectivity index (χ1) is 7.16. The fraction of sp³-hybridized carbons (Fsp3) is 1.00. The highest BCUT2D eigenvalue weighted by atomic mass is 16.3. The number of nitrogens with one attached hydrogen (secondary N) is 1. The van der Waals surface area contributed by atoms with Crippen molar-refractivity contribution in [3.05, 3.63) is 0 Å². The van der Waals surface area contributed by atoms with Crippen LogP contribution >= 0.6 is 0 Å². The summed E-state index contributed by atoms with van der Waals surface area (Å²) in [5.41, 5.74) is 0. The molecule has 0 saturated carbocycles. The molecule has 3 heteroatoms. The van der Waals surface area contributed by atoms with Gasteiger partial charge >= 0.3 is 0 Å². The minimum absolute atomic E-state index is 0.118. The number of hydrogen-bond acceptors (Lipinski definition) is 3. The Hall–Kier alpha value is -0.120. The fourth-order valence-corrected chi connectivity index (χ4v) is 2.90. The Morgan fingerprint density at radius 3 is 2.87 bits per heavy atom. The van der Waals surface area contributed by atoms with E-state index in [4.69, 9.17) is 0 Å². The number of aliphatic hydroxyl groups is 1. The molecule has 0 spiro atoms. The molecule has 2 N–H and O–H groups in total. The number of piperidine rings is 1. The second-order valence-electron chi connectivity index (χ2n) is 5.35. The highest BCUT2D eigenvalue weighted by molar-refractivity contribution is 4.87. The third-order valence-corrected chi connectivity index (χ3v) is 4.16. The van der Waals surface area contributed by atoms with Crippen molar-refractivity contribution in [2.75, 3.05) is 19.6 Å². The molecule has 0 aliphatic carbocycles. The minimum Gasteiger partial charge on any atom is -0.392 e. The van der Waals surface area contributed by atoms with Gasteiger partial charge in [-0.05, 0) is 38.6 Å². The zero-order valence-corrected chi connectivity index (χ0v) is 9.95.